The monoisotopic (exact) mass is 342 g/mol. The van der Waals surface area contributed by atoms with Crippen LogP contribution >= 0.6 is 27.7 Å². The Morgan fingerprint density at radius 1 is 1.37 bits per heavy atom. The van der Waals surface area contributed by atoms with Crippen LogP contribution in [-0.4, -0.2) is 35.0 Å². The van der Waals surface area contributed by atoms with Crippen LogP contribution in [0.2, 0.25) is 0 Å². The molecule has 1 aliphatic heterocycles. The van der Waals surface area contributed by atoms with Gasteiger partial charge in [-0.1, -0.05) is 41.9 Å². The van der Waals surface area contributed by atoms with Gasteiger partial charge in [0.1, 0.15) is 0 Å². The molecule has 0 aromatic heterocycles. The lowest BCUT2D eigenvalue weighted by Crippen LogP contribution is -2.41. The number of rotatable bonds is 4. The summed E-state index contributed by atoms with van der Waals surface area (Å²) in [5.74, 6) is 0. The Labute approximate surface area is 129 Å². The number of hydrogen-bond donors (Lipinski definition) is 1. The molecule has 0 spiro atoms. The molecule has 0 amide bonds. The van der Waals surface area contributed by atoms with Crippen LogP contribution in [0, 0.1) is 0 Å². The van der Waals surface area contributed by atoms with Crippen LogP contribution in [-0.2, 0) is 0 Å². The number of nitrogens with two attached hydrogens (primary N) is 1. The topological polar surface area (TPSA) is 29.3 Å². The van der Waals surface area contributed by atoms with Gasteiger partial charge >= 0.3 is 0 Å². The normalized spacial score (nSPS) is 26.3. The van der Waals surface area contributed by atoms with Crippen molar-refractivity contribution < 1.29 is 0 Å². The van der Waals surface area contributed by atoms with Crippen molar-refractivity contribution >= 4 is 27.7 Å². The molecule has 1 heterocycles. The number of nitrogens with zero attached hydrogens (tertiary/aromatic N) is 1. The third-order valence-electron chi connectivity index (χ3n) is 3.53. The fraction of sp³-hybridized carbons (Fsp3) is 0.600. The molecule has 1 aromatic carbocycles. The van der Waals surface area contributed by atoms with E-state index < -0.39 is 0 Å². The predicted molar refractivity (Wildman–Crippen MR) is 88.6 cm³/mol. The lowest BCUT2D eigenvalue weighted by molar-refractivity contribution is 0.260. The minimum atomic E-state index is 0.137. The van der Waals surface area contributed by atoms with Crippen LogP contribution in [0.1, 0.15) is 31.9 Å². The fourth-order valence-electron chi connectivity index (χ4n) is 2.69. The second kappa shape index (κ2) is 7.11. The van der Waals surface area contributed by atoms with Crippen molar-refractivity contribution in [3.05, 3.63) is 34.3 Å². The first-order chi connectivity index (χ1) is 9.04. The van der Waals surface area contributed by atoms with Crippen LogP contribution in [0.25, 0.3) is 0 Å². The summed E-state index contributed by atoms with van der Waals surface area (Å²) in [6.07, 6.45) is 1.03. The van der Waals surface area contributed by atoms with Crippen molar-refractivity contribution in [2.75, 3.05) is 19.6 Å². The number of hydrogen-bond acceptors (Lipinski definition) is 3. The van der Waals surface area contributed by atoms with Crippen molar-refractivity contribution in [3.63, 3.8) is 0 Å². The summed E-state index contributed by atoms with van der Waals surface area (Å²) in [7, 11) is 0. The molecule has 1 saturated heterocycles. The van der Waals surface area contributed by atoms with Crippen LogP contribution < -0.4 is 5.73 Å². The summed E-state index contributed by atoms with van der Waals surface area (Å²) in [6, 6.07) is 8.48. The quantitative estimate of drug-likeness (QED) is 0.905. The van der Waals surface area contributed by atoms with Crippen molar-refractivity contribution in [2.45, 2.75) is 36.8 Å². The van der Waals surface area contributed by atoms with Crippen molar-refractivity contribution in [1.82, 2.24) is 4.90 Å². The maximum absolute atomic E-state index is 6.30. The van der Waals surface area contributed by atoms with E-state index >= 15 is 0 Å². The first-order valence-electron chi connectivity index (χ1n) is 6.93. The molecule has 2 nitrogen and oxygen atoms in total. The van der Waals surface area contributed by atoms with Gasteiger partial charge in [-0.2, -0.15) is 11.8 Å². The van der Waals surface area contributed by atoms with Crippen molar-refractivity contribution in [1.29, 1.82) is 0 Å². The number of benzene rings is 1. The maximum atomic E-state index is 6.30. The first-order valence-corrected chi connectivity index (χ1v) is 8.67. The van der Waals surface area contributed by atoms with E-state index in [2.05, 4.69) is 64.6 Å². The van der Waals surface area contributed by atoms with Gasteiger partial charge in [-0.15, -0.1) is 0 Å². The minimum absolute atomic E-state index is 0.137. The highest BCUT2D eigenvalue weighted by Gasteiger charge is 2.22. The van der Waals surface area contributed by atoms with Gasteiger partial charge in [0.25, 0.3) is 0 Å². The third kappa shape index (κ3) is 4.78. The van der Waals surface area contributed by atoms with Crippen molar-refractivity contribution in [3.8, 4) is 0 Å². The highest BCUT2D eigenvalue weighted by Crippen LogP contribution is 2.26. The van der Waals surface area contributed by atoms with Gasteiger partial charge in [-0.3, -0.25) is 0 Å². The van der Waals surface area contributed by atoms with Gasteiger partial charge < -0.3 is 10.6 Å². The summed E-state index contributed by atoms with van der Waals surface area (Å²) in [6.45, 7) is 8.13. The second-order valence-electron chi connectivity index (χ2n) is 5.47. The summed E-state index contributed by atoms with van der Waals surface area (Å²) >= 11 is 5.60. The van der Waals surface area contributed by atoms with E-state index in [0.717, 1.165) is 27.9 Å². The summed E-state index contributed by atoms with van der Waals surface area (Å²) in [4.78, 5) is 2.56. The molecule has 0 radical (unpaired) electrons. The van der Waals surface area contributed by atoms with Gasteiger partial charge in [0.05, 0.1) is 0 Å². The van der Waals surface area contributed by atoms with Crippen LogP contribution in [0.4, 0.5) is 0 Å². The molecule has 1 aliphatic rings. The molecular formula is C15H23BrN2S. The smallest absolute Gasteiger partial charge is 0.0307 e. The van der Waals surface area contributed by atoms with E-state index in [9.17, 15) is 0 Å². The first kappa shape index (κ1) is 15.4. The second-order valence-corrected chi connectivity index (χ2v) is 8.26. The van der Waals surface area contributed by atoms with Crippen molar-refractivity contribution in [2.24, 2.45) is 5.73 Å². The molecule has 3 atom stereocenters. The van der Waals surface area contributed by atoms with E-state index in [1.807, 2.05) is 6.07 Å². The Hall–Kier alpha value is -0.0300. The lowest BCUT2D eigenvalue weighted by Gasteiger charge is -2.35. The average molecular weight is 343 g/mol. The van der Waals surface area contributed by atoms with Crippen LogP contribution in [0.15, 0.2) is 28.7 Å². The Morgan fingerprint density at radius 3 is 2.68 bits per heavy atom. The highest BCUT2D eigenvalue weighted by atomic mass is 79.9. The molecule has 4 heteroatoms. The molecule has 2 rings (SSSR count). The summed E-state index contributed by atoms with van der Waals surface area (Å²) < 4.78 is 1.11. The SMILES string of the molecule is CC1CN(CCC(N)c2cccc(Br)c2)CC(C)S1. The Bertz CT molecular complexity index is 403. The Balaban J connectivity index is 1.84. The highest BCUT2D eigenvalue weighted by molar-refractivity contribution is 9.10. The predicted octanol–water partition coefficient (Wildman–Crippen LogP) is 3.66. The van der Waals surface area contributed by atoms with E-state index in [0.29, 0.717) is 0 Å². The lowest BCUT2D eigenvalue weighted by atomic mass is 10.0. The summed E-state index contributed by atoms with van der Waals surface area (Å²) in [5, 5.41) is 1.48. The largest absolute Gasteiger partial charge is 0.324 e. The molecule has 0 bridgehead atoms. The van der Waals surface area contributed by atoms with E-state index in [1.165, 1.54) is 18.7 Å². The Kier molecular flexibility index (Phi) is 5.75. The minimum Gasteiger partial charge on any atom is -0.324 e. The van der Waals surface area contributed by atoms with E-state index in [-0.39, 0.29) is 6.04 Å². The number of thioether (sulfide) groups is 1. The van der Waals surface area contributed by atoms with E-state index in [1.54, 1.807) is 0 Å². The molecule has 3 unspecified atom stereocenters. The van der Waals surface area contributed by atoms with Gasteiger partial charge in [0.15, 0.2) is 0 Å². The molecule has 19 heavy (non-hydrogen) atoms. The zero-order valence-corrected chi connectivity index (χ0v) is 14.1. The van der Waals surface area contributed by atoms with Crippen LogP contribution in [0.5, 0.6) is 0 Å². The van der Waals surface area contributed by atoms with E-state index in [4.69, 9.17) is 5.73 Å². The standard InChI is InChI=1S/C15H23BrN2S/c1-11-9-18(10-12(2)19-11)7-6-15(17)13-4-3-5-14(16)8-13/h3-5,8,11-12,15H,6-7,9-10,17H2,1-2H3. The number of halogens is 1. The van der Waals surface area contributed by atoms with Gasteiger partial charge in [0.2, 0.25) is 0 Å². The molecule has 0 saturated carbocycles. The van der Waals surface area contributed by atoms with Gasteiger partial charge in [-0.05, 0) is 24.1 Å². The molecule has 2 N–H and O–H groups in total. The third-order valence-corrected chi connectivity index (χ3v) is 5.25. The summed E-state index contributed by atoms with van der Waals surface area (Å²) in [5.41, 5.74) is 7.52. The maximum Gasteiger partial charge on any atom is 0.0307 e. The zero-order valence-electron chi connectivity index (χ0n) is 11.7. The molecule has 1 aromatic rings. The molecule has 106 valence electrons. The molecule has 0 aliphatic carbocycles. The van der Waals surface area contributed by atoms with Crippen LogP contribution in [0.3, 0.4) is 0 Å². The van der Waals surface area contributed by atoms with Gasteiger partial charge in [0, 0.05) is 40.6 Å². The Morgan fingerprint density at radius 2 is 2.05 bits per heavy atom. The fourth-order valence-corrected chi connectivity index (χ4v) is 4.50. The zero-order chi connectivity index (χ0) is 13.8. The molecule has 1 fully saturated rings. The average Bonchev–Trinajstić information content (AvgIpc) is 2.35. The van der Waals surface area contributed by atoms with Gasteiger partial charge in [-0.25, -0.2) is 0 Å². The molecular weight excluding hydrogens is 320 g/mol.